The number of hydrogen-bond donors (Lipinski definition) is 0. The number of ether oxygens (including phenoxy) is 1. The zero-order valence-corrected chi connectivity index (χ0v) is 17.3. The Morgan fingerprint density at radius 3 is 2.75 bits per heavy atom. The standard InChI is InChI=1S/C21H18ClN3O2S/c1-13-8-14(2)20(18(22)9-13)25(15(3)26)21-24-17(12-28-21)11-27-19-7-5-4-6-16(19)10-23/h4-9,12H,11H2,1-3H3. The van der Waals surface area contributed by atoms with E-state index in [4.69, 9.17) is 21.6 Å². The molecule has 0 aliphatic carbocycles. The highest BCUT2D eigenvalue weighted by molar-refractivity contribution is 7.14. The highest BCUT2D eigenvalue weighted by Crippen LogP contribution is 2.37. The number of hydrogen-bond acceptors (Lipinski definition) is 5. The van der Waals surface area contributed by atoms with Crippen LogP contribution in [0.2, 0.25) is 5.02 Å². The molecule has 1 heterocycles. The molecule has 1 aromatic heterocycles. The van der Waals surface area contributed by atoms with Crippen molar-refractivity contribution in [2.45, 2.75) is 27.4 Å². The molecule has 5 nitrogen and oxygen atoms in total. The molecule has 0 unspecified atom stereocenters. The Hall–Kier alpha value is -2.88. The smallest absolute Gasteiger partial charge is 0.230 e. The van der Waals surface area contributed by atoms with E-state index in [1.165, 1.54) is 23.2 Å². The average Bonchev–Trinajstić information content (AvgIpc) is 3.11. The van der Waals surface area contributed by atoms with Crippen molar-refractivity contribution in [3.8, 4) is 11.8 Å². The first-order chi connectivity index (χ1) is 13.4. The van der Waals surface area contributed by atoms with Crippen molar-refractivity contribution in [1.29, 1.82) is 5.26 Å². The normalized spacial score (nSPS) is 10.4. The van der Waals surface area contributed by atoms with Crippen molar-refractivity contribution in [3.05, 3.63) is 69.2 Å². The third-order valence-electron chi connectivity index (χ3n) is 4.05. The van der Waals surface area contributed by atoms with Crippen LogP contribution in [0.4, 0.5) is 10.8 Å². The molecule has 0 radical (unpaired) electrons. The number of para-hydroxylation sites is 1. The lowest BCUT2D eigenvalue weighted by Gasteiger charge is -2.22. The summed E-state index contributed by atoms with van der Waals surface area (Å²) >= 11 is 7.77. The van der Waals surface area contributed by atoms with Gasteiger partial charge in [-0.3, -0.25) is 9.69 Å². The highest BCUT2D eigenvalue weighted by Gasteiger charge is 2.22. The molecule has 0 atom stereocenters. The Morgan fingerprint density at radius 1 is 1.32 bits per heavy atom. The third-order valence-corrected chi connectivity index (χ3v) is 5.21. The lowest BCUT2D eigenvalue weighted by molar-refractivity contribution is -0.115. The van der Waals surface area contributed by atoms with Crippen LogP contribution in [0.25, 0.3) is 0 Å². The van der Waals surface area contributed by atoms with E-state index in [2.05, 4.69) is 11.1 Å². The number of aromatic nitrogens is 1. The number of amides is 1. The molecule has 0 aliphatic heterocycles. The number of nitrogens with zero attached hydrogens (tertiary/aromatic N) is 3. The highest BCUT2D eigenvalue weighted by atomic mass is 35.5. The second-order valence-electron chi connectivity index (χ2n) is 6.28. The first-order valence-corrected chi connectivity index (χ1v) is 9.80. The van der Waals surface area contributed by atoms with Crippen molar-refractivity contribution >= 4 is 39.7 Å². The van der Waals surface area contributed by atoms with Gasteiger partial charge in [-0.2, -0.15) is 5.26 Å². The molecule has 28 heavy (non-hydrogen) atoms. The van der Waals surface area contributed by atoms with Gasteiger partial charge < -0.3 is 4.74 Å². The largest absolute Gasteiger partial charge is 0.486 e. The van der Waals surface area contributed by atoms with Gasteiger partial charge in [-0.15, -0.1) is 11.3 Å². The molecule has 0 spiro atoms. The minimum absolute atomic E-state index is 0.175. The SMILES string of the molecule is CC(=O)N(c1nc(COc2ccccc2C#N)cs1)c1c(C)cc(C)cc1Cl. The molecule has 0 aliphatic rings. The molecule has 142 valence electrons. The van der Waals surface area contributed by atoms with Crippen LogP contribution in [0.15, 0.2) is 41.8 Å². The predicted octanol–water partition coefficient (Wildman–Crippen LogP) is 5.55. The number of thiazole rings is 1. The summed E-state index contributed by atoms with van der Waals surface area (Å²) in [7, 11) is 0. The van der Waals surface area contributed by atoms with Gasteiger partial charge in [0.15, 0.2) is 5.13 Å². The maximum atomic E-state index is 12.4. The van der Waals surface area contributed by atoms with Crippen molar-refractivity contribution in [2.24, 2.45) is 0 Å². The second-order valence-corrected chi connectivity index (χ2v) is 7.53. The fourth-order valence-electron chi connectivity index (χ4n) is 2.88. The van der Waals surface area contributed by atoms with Crippen LogP contribution in [0.1, 0.15) is 29.3 Å². The summed E-state index contributed by atoms with van der Waals surface area (Å²) in [6, 6.07) is 12.9. The van der Waals surface area contributed by atoms with Crippen molar-refractivity contribution in [3.63, 3.8) is 0 Å². The number of nitriles is 1. The third kappa shape index (κ3) is 4.16. The van der Waals surface area contributed by atoms with E-state index in [9.17, 15) is 4.79 Å². The van der Waals surface area contributed by atoms with Gasteiger partial charge in [-0.1, -0.05) is 29.8 Å². The van der Waals surface area contributed by atoms with E-state index in [0.29, 0.717) is 32.8 Å². The summed E-state index contributed by atoms with van der Waals surface area (Å²) in [4.78, 5) is 18.4. The van der Waals surface area contributed by atoms with E-state index in [-0.39, 0.29) is 12.5 Å². The fourth-order valence-corrected chi connectivity index (χ4v) is 4.14. The molecular formula is C21H18ClN3O2S. The molecule has 2 aromatic carbocycles. The summed E-state index contributed by atoms with van der Waals surface area (Å²) in [5.41, 5.74) is 3.69. The Balaban J connectivity index is 1.87. The van der Waals surface area contributed by atoms with E-state index in [1.807, 2.05) is 37.4 Å². The molecule has 0 N–H and O–H groups in total. The number of aryl methyl sites for hydroxylation is 2. The molecule has 1 amide bonds. The van der Waals surface area contributed by atoms with Crippen molar-refractivity contribution in [1.82, 2.24) is 4.98 Å². The van der Waals surface area contributed by atoms with E-state index in [1.54, 1.807) is 18.2 Å². The van der Waals surface area contributed by atoms with Crippen LogP contribution >= 0.6 is 22.9 Å². The van der Waals surface area contributed by atoms with Gasteiger partial charge in [-0.25, -0.2) is 4.98 Å². The van der Waals surface area contributed by atoms with E-state index >= 15 is 0 Å². The fraction of sp³-hybridized carbons (Fsp3) is 0.190. The predicted molar refractivity (Wildman–Crippen MR) is 111 cm³/mol. The van der Waals surface area contributed by atoms with Gasteiger partial charge >= 0.3 is 0 Å². The van der Waals surface area contributed by atoms with Crippen molar-refractivity contribution < 1.29 is 9.53 Å². The van der Waals surface area contributed by atoms with Gasteiger partial charge in [0.2, 0.25) is 5.91 Å². The lowest BCUT2D eigenvalue weighted by atomic mass is 10.1. The zero-order valence-electron chi connectivity index (χ0n) is 15.7. The summed E-state index contributed by atoms with van der Waals surface area (Å²) in [5, 5.41) is 12.0. The molecule has 0 saturated carbocycles. The molecule has 3 rings (SSSR count). The minimum atomic E-state index is -0.175. The van der Waals surface area contributed by atoms with Gasteiger partial charge in [-0.05, 0) is 43.2 Å². The van der Waals surface area contributed by atoms with Crippen LogP contribution in [0.3, 0.4) is 0 Å². The van der Waals surface area contributed by atoms with Crippen LogP contribution in [0.5, 0.6) is 5.75 Å². The van der Waals surface area contributed by atoms with Crippen LogP contribution < -0.4 is 9.64 Å². The zero-order chi connectivity index (χ0) is 20.3. The maximum Gasteiger partial charge on any atom is 0.230 e. The van der Waals surface area contributed by atoms with Gasteiger partial charge in [0.25, 0.3) is 0 Å². The number of rotatable bonds is 5. The van der Waals surface area contributed by atoms with Crippen LogP contribution in [-0.2, 0) is 11.4 Å². The Bertz CT molecular complexity index is 1050. The number of benzene rings is 2. The maximum absolute atomic E-state index is 12.4. The number of halogens is 1. The number of anilines is 2. The van der Waals surface area contributed by atoms with E-state index < -0.39 is 0 Å². The van der Waals surface area contributed by atoms with Crippen LogP contribution in [-0.4, -0.2) is 10.9 Å². The van der Waals surface area contributed by atoms with E-state index in [0.717, 1.165) is 11.1 Å². The summed E-state index contributed by atoms with van der Waals surface area (Å²) < 4.78 is 5.73. The van der Waals surface area contributed by atoms with Gasteiger partial charge in [0.05, 0.1) is 22.0 Å². The first kappa shape index (κ1) is 19.9. The number of carbonyl (C=O) groups excluding carboxylic acids is 1. The molecule has 0 fully saturated rings. The topological polar surface area (TPSA) is 66.2 Å². The first-order valence-electron chi connectivity index (χ1n) is 8.54. The lowest BCUT2D eigenvalue weighted by Crippen LogP contribution is -2.24. The Kier molecular flexibility index (Phi) is 5.98. The minimum Gasteiger partial charge on any atom is -0.486 e. The van der Waals surface area contributed by atoms with Gasteiger partial charge in [0, 0.05) is 12.3 Å². The van der Waals surface area contributed by atoms with Crippen molar-refractivity contribution in [2.75, 3.05) is 4.90 Å². The summed E-state index contributed by atoms with van der Waals surface area (Å²) in [6.45, 7) is 5.55. The summed E-state index contributed by atoms with van der Waals surface area (Å²) in [6.07, 6.45) is 0. The molecule has 3 aromatic rings. The Morgan fingerprint density at radius 2 is 2.07 bits per heavy atom. The number of carbonyl (C=O) groups is 1. The van der Waals surface area contributed by atoms with Gasteiger partial charge in [0.1, 0.15) is 18.4 Å². The molecule has 0 saturated heterocycles. The monoisotopic (exact) mass is 411 g/mol. The second kappa shape index (κ2) is 8.42. The summed E-state index contributed by atoms with van der Waals surface area (Å²) in [5.74, 6) is 0.325. The Labute approximate surface area is 172 Å². The molecular weight excluding hydrogens is 394 g/mol. The quantitative estimate of drug-likeness (QED) is 0.552. The average molecular weight is 412 g/mol. The molecule has 0 bridgehead atoms. The van der Waals surface area contributed by atoms with Crippen LogP contribution in [0, 0.1) is 25.2 Å². The molecule has 7 heteroatoms.